The number of hydroxylamine groups is 1. The zero-order valence-electron chi connectivity index (χ0n) is 19.4. The predicted octanol–water partition coefficient (Wildman–Crippen LogP) is 2.36. The molecule has 0 saturated carbocycles. The van der Waals surface area contributed by atoms with Crippen molar-refractivity contribution in [2.24, 2.45) is 0 Å². The smallest absolute Gasteiger partial charge is 0.280 e. The lowest BCUT2D eigenvalue weighted by molar-refractivity contribution is -0.150. The van der Waals surface area contributed by atoms with E-state index in [-0.39, 0.29) is 24.2 Å². The SMILES string of the molecule is CONC1=CC2(CCN(C(=O)C3(F)CCN(Cc4cc(=O)[nH]o4)CC3)CC2)Oc2ccc(F)cc21. The zero-order chi connectivity index (χ0) is 24.6. The fourth-order valence-electron chi connectivity index (χ4n) is 5.10. The summed E-state index contributed by atoms with van der Waals surface area (Å²) in [5, 5.41) is 2.24. The highest BCUT2D eigenvalue weighted by Crippen LogP contribution is 2.41. The van der Waals surface area contributed by atoms with Crippen molar-refractivity contribution in [3.05, 3.63) is 57.8 Å². The van der Waals surface area contributed by atoms with Crippen LogP contribution in [0.3, 0.4) is 0 Å². The Morgan fingerprint density at radius 2 is 1.91 bits per heavy atom. The monoisotopic (exact) mass is 490 g/mol. The highest BCUT2D eigenvalue weighted by Gasteiger charge is 2.47. The standard InChI is InChI=1S/C24H28F2N4O5/c1-33-27-19-14-23(34-20-3-2-16(25)12-18(19)20)4-10-30(11-5-23)22(32)24(26)6-8-29(9-7-24)15-17-13-21(31)28-35-17/h2-3,12-14,27H,4-11,15H2,1H3,(H,28,31). The number of carbonyl (C=O) groups excluding carboxylic acids is 1. The summed E-state index contributed by atoms with van der Waals surface area (Å²) in [5.41, 5.74) is 1.02. The Labute approximate surface area is 200 Å². The molecule has 3 aliphatic rings. The zero-order valence-corrected chi connectivity index (χ0v) is 19.4. The Hall–Kier alpha value is -3.18. The molecule has 0 radical (unpaired) electrons. The Bertz CT molecular complexity index is 1180. The fraction of sp³-hybridized carbons (Fsp3) is 0.500. The highest BCUT2D eigenvalue weighted by atomic mass is 19.1. The van der Waals surface area contributed by atoms with E-state index < -0.39 is 17.2 Å². The molecule has 1 aromatic carbocycles. The summed E-state index contributed by atoms with van der Waals surface area (Å²) < 4.78 is 40.8. The summed E-state index contributed by atoms with van der Waals surface area (Å²) in [5.74, 6) is 0.143. The summed E-state index contributed by atoms with van der Waals surface area (Å²) in [6.45, 7) is 1.86. The lowest BCUT2D eigenvalue weighted by Crippen LogP contribution is -2.56. The number of piperidine rings is 2. The molecule has 35 heavy (non-hydrogen) atoms. The number of nitrogens with zero attached hydrogens (tertiary/aromatic N) is 2. The fourth-order valence-corrected chi connectivity index (χ4v) is 5.10. The molecule has 4 heterocycles. The number of nitrogens with one attached hydrogen (secondary N) is 2. The van der Waals surface area contributed by atoms with Crippen molar-refractivity contribution >= 4 is 11.6 Å². The third-order valence-corrected chi connectivity index (χ3v) is 7.05. The molecule has 2 fully saturated rings. The summed E-state index contributed by atoms with van der Waals surface area (Å²) in [6.07, 6.45) is 2.97. The topological polar surface area (TPSA) is 100 Å². The molecule has 0 bridgehead atoms. The van der Waals surface area contributed by atoms with Gasteiger partial charge in [-0.2, -0.15) is 5.16 Å². The Kier molecular flexibility index (Phi) is 6.14. The molecule has 2 N–H and O–H groups in total. The Balaban J connectivity index is 1.21. The largest absolute Gasteiger partial charge is 0.482 e. The maximum absolute atomic E-state index is 15.7. The first-order valence-corrected chi connectivity index (χ1v) is 11.7. The van der Waals surface area contributed by atoms with Gasteiger partial charge in [-0.3, -0.25) is 24.8 Å². The second-order valence-corrected chi connectivity index (χ2v) is 9.38. The first-order valence-electron chi connectivity index (χ1n) is 11.7. The number of fused-ring (bicyclic) bond motifs is 1. The summed E-state index contributed by atoms with van der Waals surface area (Å²) in [4.78, 5) is 33.0. The van der Waals surface area contributed by atoms with E-state index in [1.165, 1.54) is 25.3 Å². The van der Waals surface area contributed by atoms with Gasteiger partial charge in [-0.15, -0.1) is 0 Å². The van der Waals surface area contributed by atoms with E-state index in [1.807, 2.05) is 11.0 Å². The molecular weight excluding hydrogens is 462 g/mol. The molecule has 3 aliphatic heterocycles. The molecule has 11 heteroatoms. The van der Waals surface area contributed by atoms with Crippen LogP contribution in [0, 0.1) is 5.82 Å². The molecule has 188 valence electrons. The number of carbonyl (C=O) groups is 1. The number of H-pyrrole nitrogens is 1. The van der Waals surface area contributed by atoms with E-state index in [9.17, 15) is 14.0 Å². The van der Waals surface area contributed by atoms with Crippen molar-refractivity contribution in [2.75, 3.05) is 33.3 Å². The normalized spacial score (nSPS) is 21.2. The highest BCUT2D eigenvalue weighted by molar-refractivity contribution is 5.85. The first kappa shape index (κ1) is 23.6. The van der Waals surface area contributed by atoms with Gasteiger partial charge in [-0.1, -0.05) is 0 Å². The third kappa shape index (κ3) is 4.70. The average Bonchev–Trinajstić information content (AvgIpc) is 3.26. The van der Waals surface area contributed by atoms with Gasteiger partial charge < -0.3 is 14.2 Å². The van der Waals surface area contributed by atoms with E-state index in [0.717, 1.165) is 0 Å². The van der Waals surface area contributed by atoms with Gasteiger partial charge >= 0.3 is 0 Å². The molecule has 2 aromatic rings. The van der Waals surface area contributed by atoms with Crippen LogP contribution in [-0.2, 0) is 16.2 Å². The predicted molar refractivity (Wildman–Crippen MR) is 121 cm³/mol. The van der Waals surface area contributed by atoms with Crippen LogP contribution in [0.25, 0.3) is 5.70 Å². The van der Waals surface area contributed by atoms with Gasteiger partial charge in [-0.05, 0) is 24.3 Å². The van der Waals surface area contributed by atoms with Crippen molar-refractivity contribution < 1.29 is 27.7 Å². The van der Waals surface area contributed by atoms with E-state index in [4.69, 9.17) is 14.1 Å². The maximum atomic E-state index is 15.7. The van der Waals surface area contributed by atoms with E-state index >= 15 is 4.39 Å². The second kappa shape index (κ2) is 9.12. The molecule has 9 nitrogen and oxygen atoms in total. The molecule has 0 aliphatic carbocycles. The molecule has 1 spiro atoms. The summed E-state index contributed by atoms with van der Waals surface area (Å²) in [6, 6.07) is 5.67. The lowest BCUT2D eigenvalue weighted by Gasteiger charge is -2.45. The van der Waals surface area contributed by atoms with Crippen molar-refractivity contribution in [1.82, 2.24) is 20.4 Å². The number of likely N-dealkylation sites (tertiary alicyclic amines) is 2. The van der Waals surface area contributed by atoms with Gasteiger partial charge in [0.05, 0.1) is 19.4 Å². The van der Waals surface area contributed by atoms with Crippen molar-refractivity contribution in [2.45, 2.75) is 43.5 Å². The molecule has 5 rings (SSSR count). The van der Waals surface area contributed by atoms with E-state index in [2.05, 4.69) is 10.6 Å². The number of rotatable bonds is 5. The number of aromatic nitrogens is 1. The molecular formula is C24H28F2N4O5. The Morgan fingerprint density at radius 1 is 1.17 bits per heavy atom. The number of ether oxygens (including phenoxy) is 1. The molecule has 0 atom stereocenters. The molecule has 2 saturated heterocycles. The number of halogens is 2. The minimum Gasteiger partial charge on any atom is -0.482 e. The molecule has 1 amide bonds. The van der Waals surface area contributed by atoms with Gasteiger partial charge in [-0.25, -0.2) is 8.78 Å². The van der Waals surface area contributed by atoms with Crippen LogP contribution in [0.15, 0.2) is 39.7 Å². The van der Waals surface area contributed by atoms with E-state index in [0.29, 0.717) is 68.3 Å². The number of hydrogen-bond acceptors (Lipinski definition) is 7. The molecule has 0 unspecified atom stereocenters. The van der Waals surface area contributed by atoms with Crippen LogP contribution < -0.4 is 15.8 Å². The van der Waals surface area contributed by atoms with Gasteiger partial charge in [0, 0.05) is 63.5 Å². The Morgan fingerprint density at radius 3 is 2.57 bits per heavy atom. The van der Waals surface area contributed by atoms with E-state index in [1.54, 1.807) is 11.0 Å². The van der Waals surface area contributed by atoms with Crippen LogP contribution >= 0.6 is 0 Å². The number of hydrogen-bond donors (Lipinski definition) is 2. The number of aromatic amines is 1. The minimum absolute atomic E-state index is 0.0827. The molecule has 1 aromatic heterocycles. The van der Waals surface area contributed by atoms with Crippen LogP contribution in [0.4, 0.5) is 8.78 Å². The van der Waals surface area contributed by atoms with Gasteiger partial charge in [0.15, 0.2) is 11.4 Å². The summed E-state index contributed by atoms with van der Waals surface area (Å²) >= 11 is 0. The lowest BCUT2D eigenvalue weighted by atomic mass is 9.85. The minimum atomic E-state index is -1.92. The second-order valence-electron chi connectivity index (χ2n) is 9.38. The van der Waals surface area contributed by atoms with Gasteiger partial charge in [0.1, 0.15) is 17.2 Å². The van der Waals surface area contributed by atoms with Gasteiger partial charge in [0.25, 0.3) is 11.5 Å². The van der Waals surface area contributed by atoms with Crippen LogP contribution in [0.2, 0.25) is 0 Å². The number of amides is 1. The van der Waals surface area contributed by atoms with Crippen molar-refractivity contribution in [1.29, 1.82) is 0 Å². The number of alkyl halides is 1. The third-order valence-electron chi connectivity index (χ3n) is 7.05. The quantitative estimate of drug-likeness (QED) is 0.621. The maximum Gasteiger partial charge on any atom is 0.280 e. The van der Waals surface area contributed by atoms with Gasteiger partial charge in [0.2, 0.25) is 0 Å². The van der Waals surface area contributed by atoms with Crippen molar-refractivity contribution in [3.8, 4) is 5.75 Å². The van der Waals surface area contributed by atoms with Crippen LogP contribution in [0.1, 0.15) is 37.0 Å². The van der Waals surface area contributed by atoms with Crippen LogP contribution in [-0.4, -0.2) is 65.4 Å². The van der Waals surface area contributed by atoms with Crippen molar-refractivity contribution in [3.63, 3.8) is 0 Å². The average molecular weight is 491 g/mol. The van der Waals surface area contributed by atoms with Crippen LogP contribution in [0.5, 0.6) is 5.75 Å². The number of benzene rings is 1. The first-order chi connectivity index (χ1) is 16.8. The summed E-state index contributed by atoms with van der Waals surface area (Å²) in [7, 11) is 1.48.